The van der Waals surface area contributed by atoms with Gasteiger partial charge >= 0.3 is 0 Å². The predicted molar refractivity (Wildman–Crippen MR) is 115 cm³/mol. The highest BCUT2D eigenvalue weighted by molar-refractivity contribution is 5.94. The first kappa shape index (κ1) is 18.5. The standard InChI is InChI=1S/C23H28N4O/c1-18-13-16-27(24-18)21-11-9-19(10-12-21)23(28)25(2)17-20-7-3-4-8-22(20)26-14-5-6-15-26/h3-4,7-12H,5-6,13-17H2,1-2H3. The van der Waals surface area contributed by atoms with Crippen molar-refractivity contribution in [2.75, 3.05) is 36.6 Å². The molecule has 2 aromatic carbocycles. The Labute approximate surface area is 167 Å². The molecule has 0 spiro atoms. The van der Waals surface area contributed by atoms with Crippen LogP contribution in [0.4, 0.5) is 11.4 Å². The molecule has 2 heterocycles. The zero-order valence-corrected chi connectivity index (χ0v) is 16.8. The quantitative estimate of drug-likeness (QED) is 0.787. The van der Waals surface area contributed by atoms with Crippen molar-refractivity contribution in [1.29, 1.82) is 0 Å². The van der Waals surface area contributed by atoms with Gasteiger partial charge in [-0.1, -0.05) is 18.2 Å². The van der Waals surface area contributed by atoms with Crippen LogP contribution in [-0.2, 0) is 6.54 Å². The lowest BCUT2D eigenvalue weighted by atomic mass is 10.1. The minimum absolute atomic E-state index is 0.0453. The van der Waals surface area contributed by atoms with Crippen LogP contribution in [0.3, 0.4) is 0 Å². The van der Waals surface area contributed by atoms with Gasteiger partial charge in [-0.15, -0.1) is 0 Å². The second-order valence-electron chi connectivity index (χ2n) is 7.74. The maximum Gasteiger partial charge on any atom is 0.253 e. The maximum absolute atomic E-state index is 12.9. The van der Waals surface area contributed by atoms with Crippen molar-refractivity contribution in [2.24, 2.45) is 5.10 Å². The summed E-state index contributed by atoms with van der Waals surface area (Å²) in [6.45, 7) is 5.78. The van der Waals surface area contributed by atoms with E-state index in [0.717, 1.165) is 37.5 Å². The highest BCUT2D eigenvalue weighted by Gasteiger charge is 2.19. The van der Waals surface area contributed by atoms with E-state index in [0.29, 0.717) is 12.1 Å². The van der Waals surface area contributed by atoms with Gasteiger partial charge in [0.05, 0.1) is 5.69 Å². The average Bonchev–Trinajstić information content (AvgIpc) is 3.40. The van der Waals surface area contributed by atoms with Gasteiger partial charge in [0, 0.05) is 56.6 Å². The van der Waals surface area contributed by atoms with Crippen molar-refractivity contribution in [1.82, 2.24) is 4.90 Å². The molecule has 2 aliphatic rings. The fraction of sp³-hybridized carbons (Fsp3) is 0.391. The summed E-state index contributed by atoms with van der Waals surface area (Å²) in [5.41, 5.74) is 5.37. The number of para-hydroxylation sites is 1. The topological polar surface area (TPSA) is 39.2 Å². The number of benzene rings is 2. The molecule has 0 aliphatic carbocycles. The molecule has 1 amide bonds. The van der Waals surface area contributed by atoms with Gasteiger partial charge < -0.3 is 9.80 Å². The lowest BCUT2D eigenvalue weighted by Gasteiger charge is -2.24. The largest absolute Gasteiger partial charge is 0.371 e. The van der Waals surface area contributed by atoms with Crippen LogP contribution < -0.4 is 9.91 Å². The van der Waals surface area contributed by atoms with Crippen molar-refractivity contribution in [3.63, 3.8) is 0 Å². The number of carbonyl (C=O) groups is 1. The van der Waals surface area contributed by atoms with Crippen molar-refractivity contribution >= 4 is 23.0 Å². The Balaban J connectivity index is 1.45. The van der Waals surface area contributed by atoms with Crippen molar-refractivity contribution in [3.05, 3.63) is 59.7 Å². The van der Waals surface area contributed by atoms with Crippen LogP contribution in [0.5, 0.6) is 0 Å². The molecule has 1 saturated heterocycles. The van der Waals surface area contributed by atoms with Gasteiger partial charge in [-0.3, -0.25) is 9.80 Å². The first-order valence-electron chi connectivity index (χ1n) is 10.1. The molecule has 0 radical (unpaired) electrons. The predicted octanol–water partition coefficient (Wildman–Crippen LogP) is 4.15. The molecule has 5 heteroatoms. The number of hydrazone groups is 1. The van der Waals surface area contributed by atoms with E-state index in [-0.39, 0.29) is 5.91 Å². The van der Waals surface area contributed by atoms with Gasteiger partial charge in [-0.2, -0.15) is 5.10 Å². The third kappa shape index (κ3) is 3.88. The van der Waals surface area contributed by atoms with Crippen LogP contribution in [0.2, 0.25) is 0 Å². The van der Waals surface area contributed by atoms with E-state index in [2.05, 4.69) is 34.3 Å². The number of amides is 1. The first-order valence-corrected chi connectivity index (χ1v) is 10.1. The average molecular weight is 377 g/mol. The molecule has 0 saturated carbocycles. The molecular weight excluding hydrogens is 348 g/mol. The second-order valence-corrected chi connectivity index (χ2v) is 7.74. The molecule has 0 unspecified atom stereocenters. The molecule has 28 heavy (non-hydrogen) atoms. The van der Waals surface area contributed by atoms with Crippen molar-refractivity contribution in [3.8, 4) is 0 Å². The lowest BCUT2D eigenvalue weighted by Crippen LogP contribution is -2.28. The minimum Gasteiger partial charge on any atom is -0.371 e. The molecule has 0 aromatic heterocycles. The molecule has 0 atom stereocenters. The van der Waals surface area contributed by atoms with E-state index in [9.17, 15) is 4.79 Å². The maximum atomic E-state index is 12.9. The van der Waals surface area contributed by atoms with Gasteiger partial charge in [0.1, 0.15) is 0 Å². The highest BCUT2D eigenvalue weighted by Crippen LogP contribution is 2.26. The van der Waals surface area contributed by atoms with Gasteiger partial charge in [-0.25, -0.2) is 0 Å². The monoisotopic (exact) mass is 376 g/mol. The number of carbonyl (C=O) groups excluding carboxylic acids is 1. The summed E-state index contributed by atoms with van der Waals surface area (Å²) in [4.78, 5) is 17.2. The molecule has 5 nitrogen and oxygen atoms in total. The Morgan fingerprint density at radius 1 is 1.04 bits per heavy atom. The molecule has 2 aromatic rings. The first-order chi connectivity index (χ1) is 13.6. The summed E-state index contributed by atoms with van der Waals surface area (Å²) < 4.78 is 0. The molecule has 0 bridgehead atoms. The van der Waals surface area contributed by atoms with Crippen LogP contribution >= 0.6 is 0 Å². The SMILES string of the molecule is CC1=NN(c2ccc(C(=O)N(C)Cc3ccccc3N3CCCC3)cc2)CC1. The third-order valence-electron chi connectivity index (χ3n) is 5.58. The van der Waals surface area contributed by atoms with E-state index < -0.39 is 0 Å². The van der Waals surface area contributed by atoms with E-state index in [1.807, 2.05) is 48.1 Å². The summed E-state index contributed by atoms with van der Waals surface area (Å²) in [6, 6.07) is 16.2. The number of hydrogen-bond donors (Lipinski definition) is 0. The molecular formula is C23H28N4O. The molecule has 146 valence electrons. The number of nitrogens with zero attached hydrogens (tertiary/aromatic N) is 4. The third-order valence-corrected chi connectivity index (χ3v) is 5.58. The van der Waals surface area contributed by atoms with Crippen molar-refractivity contribution < 1.29 is 4.79 Å². The summed E-state index contributed by atoms with van der Waals surface area (Å²) in [5, 5.41) is 6.52. The Bertz CT molecular complexity index is 868. The zero-order valence-electron chi connectivity index (χ0n) is 16.8. The fourth-order valence-electron chi connectivity index (χ4n) is 4.00. The smallest absolute Gasteiger partial charge is 0.253 e. The zero-order chi connectivity index (χ0) is 19.5. The van der Waals surface area contributed by atoms with Gasteiger partial charge in [0.2, 0.25) is 0 Å². The lowest BCUT2D eigenvalue weighted by molar-refractivity contribution is 0.0785. The summed E-state index contributed by atoms with van der Waals surface area (Å²) in [6.07, 6.45) is 3.49. The number of rotatable bonds is 5. The van der Waals surface area contributed by atoms with E-state index >= 15 is 0 Å². The summed E-state index contributed by atoms with van der Waals surface area (Å²) in [5.74, 6) is 0.0453. The van der Waals surface area contributed by atoms with Gasteiger partial charge in [-0.05, 0) is 55.7 Å². The Kier molecular flexibility index (Phi) is 5.33. The van der Waals surface area contributed by atoms with Crippen molar-refractivity contribution in [2.45, 2.75) is 32.7 Å². The van der Waals surface area contributed by atoms with Crippen LogP contribution in [0.1, 0.15) is 42.1 Å². The van der Waals surface area contributed by atoms with E-state index in [4.69, 9.17) is 0 Å². The second kappa shape index (κ2) is 8.05. The molecule has 0 N–H and O–H groups in total. The van der Waals surface area contributed by atoms with Gasteiger partial charge in [0.25, 0.3) is 5.91 Å². The Morgan fingerprint density at radius 2 is 1.75 bits per heavy atom. The Morgan fingerprint density at radius 3 is 2.43 bits per heavy atom. The fourth-order valence-corrected chi connectivity index (χ4v) is 4.00. The van der Waals surface area contributed by atoms with Crippen LogP contribution in [0.25, 0.3) is 0 Å². The highest BCUT2D eigenvalue weighted by atomic mass is 16.2. The minimum atomic E-state index is 0.0453. The summed E-state index contributed by atoms with van der Waals surface area (Å²) in [7, 11) is 1.88. The van der Waals surface area contributed by atoms with E-state index in [1.165, 1.54) is 24.1 Å². The Hall–Kier alpha value is -2.82. The number of anilines is 2. The van der Waals surface area contributed by atoms with Crippen LogP contribution in [-0.4, -0.2) is 43.2 Å². The molecule has 4 rings (SSSR count). The normalized spacial score (nSPS) is 16.4. The van der Waals surface area contributed by atoms with Crippen LogP contribution in [0, 0.1) is 0 Å². The summed E-state index contributed by atoms with van der Waals surface area (Å²) >= 11 is 0. The number of hydrogen-bond acceptors (Lipinski definition) is 4. The van der Waals surface area contributed by atoms with Gasteiger partial charge in [0.15, 0.2) is 0 Å². The molecule has 1 fully saturated rings. The molecule has 2 aliphatic heterocycles. The van der Waals surface area contributed by atoms with Crippen LogP contribution in [0.15, 0.2) is 53.6 Å². The van der Waals surface area contributed by atoms with E-state index in [1.54, 1.807) is 0 Å².